The maximum atomic E-state index is 13.2. The number of H-pyrrole nitrogens is 1. The molecule has 0 bridgehead atoms. The number of hydrogen-bond donors (Lipinski definition) is 1. The molecule has 5 heterocycles. The van der Waals surface area contributed by atoms with Gasteiger partial charge in [0.05, 0.1) is 23.4 Å². The van der Waals surface area contributed by atoms with Crippen LogP contribution < -0.4 is 0 Å². The number of likely N-dealkylation sites (tertiary alicyclic amines) is 2. The normalized spacial score (nSPS) is 25.0. The summed E-state index contributed by atoms with van der Waals surface area (Å²) in [6.07, 6.45) is 8.67. The molecule has 3 aromatic heterocycles. The first kappa shape index (κ1) is 17.7. The summed E-state index contributed by atoms with van der Waals surface area (Å²) in [4.78, 5) is 30.0. The molecule has 148 valence electrons. The zero-order valence-corrected chi connectivity index (χ0v) is 16.6. The monoisotopic (exact) mass is 380 g/mol. The van der Waals surface area contributed by atoms with Crippen molar-refractivity contribution >= 4 is 22.6 Å². The van der Waals surface area contributed by atoms with E-state index < -0.39 is 0 Å². The summed E-state index contributed by atoms with van der Waals surface area (Å²) in [5.74, 6) is 2.32. The summed E-state index contributed by atoms with van der Waals surface area (Å²) in [7, 11) is 2.14. The van der Waals surface area contributed by atoms with Crippen LogP contribution in [0, 0.1) is 11.8 Å². The van der Waals surface area contributed by atoms with Crippen molar-refractivity contribution in [3.63, 3.8) is 0 Å². The number of imidazole rings is 1. The maximum absolute atomic E-state index is 13.2. The minimum Gasteiger partial charge on any atom is -0.345 e. The number of nitrogens with zero attached hydrogens (tertiary/aromatic N) is 5. The summed E-state index contributed by atoms with van der Waals surface area (Å²) in [5, 5.41) is 0. The number of rotatable bonds is 2. The lowest BCUT2D eigenvalue weighted by molar-refractivity contribution is -0.138. The van der Waals surface area contributed by atoms with Crippen molar-refractivity contribution in [3.05, 3.63) is 30.5 Å². The van der Waals surface area contributed by atoms with Gasteiger partial charge in [-0.1, -0.05) is 6.92 Å². The Bertz CT molecular complexity index is 999. The highest BCUT2D eigenvalue weighted by atomic mass is 16.2. The molecule has 2 saturated heterocycles. The minimum absolute atomic E-state index is 0.183. The van der Waals surface area contributed by atoms with Gasteiger partial charge < -0.3 is 14.8 Å². The predicted molar refractivity (Wildman–Crippen MR) is 108 cm³/mol. The number of carbonyl (C=O) groups excluding carboxylic acids is 1. The molecule has 5 rings (SSSR count). The molecule has 2 aliphatic rings. The van der Waals surface area contributed by atoms with Crippen LogP contribution in [0.4, 0.5) is 0 Å². The van der Waals surface area contributed by atoms with E-state index in [1.807, 2.05) is 18.6 Å². The number of nitrogens with one attached hydrogen (secondary N) is 1. The number of aromatic amines is 1. The molecule has 3 aromatic rings. The molecule has 7 heteroatoms. The molecule has 1 N–H and O–H groups in total. The summed E-state index contributed by atoms with van der Waals surface area (Å²) < 4.78 is 2.21. The Morgan fingerprint density at radius 2 is 1.93 bits per heavy atom. The summed E-state index contributed by atoms with van der Waals surface area (Å²) >= 11 is 0. The molecular weight excluding hydrogens is 352 g/mol. The lowest BCUT2D eigenvalue weighted by atomic mass is 9.85. The average molecular weight is 380 g/mol. The molecule has 1 amide bonds. The van der Waals surface area contributed by atoms with E-state index in [0.29, 0.717) is 11.8 Å². The molecule has 0 unspecified atom stereocenters. The third-order valence-corrected chi connectivity index (χ3v) is 6.76. The van der Waals surface area contributed by atoms with Crippen molar-refractivity contribution in [3.8, 4) is 0 Å². The second kappa shape index (κ2) is 6.88. The smallest absolute Gasteiger partial charge is 0.225 e. The van der Waals surface area contributed by atoms with Gasteiger partial charge in [-0.05, 0) is 51.4 Å². The number of fused-ring (bicyclic) bond motifs is 3. The average Bonchev–Trinajstić information content (AvgIpc) is 3.34. The number of amides is 1. The van der Waals surface area contributed by atoms with E-state index in [1.165, 1.54) is 0 Å². The Hall–Kier alpha value is -2.41. The van der Waals surface area contributed by atoms with Crippen LogP contribution in [-0.4, -0.2) is 68.3 Å². The van der Waals surface area contributed by atoms with Gasteiger partial charge >= 0.3 is 0 Å². The van der Waals surface area contributed by atoms with Gasteiger partial charge in [0.2, 0.25) is 5.91 Å². The van der Waals surface area contributed by atoms with Crippen LogP contribution in [0.3, 0.4) is 0 Å². The maximum Gasteiger partial charge on any atom is 0.225 e. The zero-order chi connectivity index (χ0) is 19.3. The lowest BCUT2D eigenvalue weighted by Crippen LogP contribution is -2.47. The molecule has 28 heavy (non-hydrogen) atoms. The molecular formula is C21H28N6O. The van der Waals surface area contributed by atoms with Crippen molar-refractivity contribution in [1.29, 1.82) is 0 Å². The van der Waals surface area contributed by atoms with Gasteiger partial charge in [-0.2, -0.15) is 0 Å². The summed E-state index contributed by atoms with van der Waals surface area (Å²) in [6.45, 7) is 5.96. The standard InChI is InChI=1S/C21H28N6O/c1-14-4-10-26(21(28)15-5-8-25(2)9-6-15)13-17(14)20-24-12-16-11-23-19-18(27(16)20)3-7-22-19/h3,7,11-12,14-15,17,22H,4-6,8-10,13H2,1-2H3/t14-,17+/m1/s1. The highest BCUT2D eigenvalue weighted by molar-refractivity contribution is 5.79. The van der Waals surface area contributed by atoms with Crippen molar-refractivity contribution in [2.75, 3.05) is 33.2 Å². The second-order valence-corrected chi connectivity index (χ2v) is 8.58. The minimum atomic E-state index is 0.183. The van der Waals surface area contributed by atoms with Crippen LogP contribution in [0.5, 0.6) is 0 Å². The van der Waals surface area contributed by atoms with Crippen molar-refractivity contribution in [2.45, 2.75) is 32.1 Å². The zero-order valence-electron chi connectivity index (χ0n) is 16.6. The largest absolute Gasteiger partial charge is 0.345 e. The third kappa shape index (κ3) is 2.89. The quantitative estimate of drug-likeness (QED) is 0.742. The van der Waals surface area contributed by atoms with E-state index in [9.17, 15) is 4.79 Å². The Balaban J connectivity index is 1.44. The molecule has 0 aliphatic carbocycles. The van der Waals surface area contributed by atoms with Gasteiger partial charge in [-0.25, -0.2) is 9.97 Å². The van der Waals surface area contributed by atoms with Gasteiger partial charge in [0.15, 0.2) is 5.65 Å². The molecule has 0 saturated carbocycles. The fourth-order valence-corrected chi connectivity index (χ4v) is 4.88. The van der Waals surface area contributed by atoms with Gasteiger partial charge in [0.1, 0.15) is 5.82 Å². The molecule has 2 fully saturated rings. The number of carbonyl (C=O) groups is 1. The molecule has 7 nitrogen and oxygen atoms in total. The van der Waals surface area contributed by atoms with E-state index in [1.54, 1.807) is 0 Å². The first-order valence-corrected chi connectivity index (χ1v) is 10.4. The van der Waals surface area contributed by atoms with E-state index in [-0.39, 0.29) is 11.8 Å². The van der Waals surface area contributed by atoms with Gasteiger partial charge in [-0.15, -0.1) is 0 Å². The van der Waals surface area contributed by atoms with E-state index in [2.05, 4.69) is 44.2 Å². The van der Waals surface area contributed by atoms with Crippen LogP contribution in [0.1, 0.15) is 37.9 Å². The van der Waals surface area contributed by atoms with Crippen LogP contribution in [0.25, 0.3) is 16.7 Å². The number of piperidine rings is 2. The first-order valence-electron chi connectivity index (χ1n) is 10.4. The topological polar surface area (TPSA) is 69.5 Å². The van der Waals surface area contributed by atoms with E-state index in [0.717, 1.165) is 67.9 Å². The second-order valence-electron chi connectivity index (χ2n) is 8.58. The Labute approximate surface area is 164 Å². The van der Waals surface area contributed by atoms with E-state index in [4.69, 9.17) is 4.98 Å². The number of hydrogen-bond acceptors (Lipinski definition) is 4. The molecule has 2 aliphatic heterocycles. The molecule has 2 atom stereocenters. The Kier molecular flexibility index (Phi) is 4.34. The van der Waals surface area contributed by atoms with Gasteiger partial charge in [0.25, 0.3) is 0 Å². The van der Waals surface area contributed by atoms with Crippen LogP contribution >= 0.6 is 0 Å². The Morgan fingerprint density at radius 1 is 1.14 bits per heavy atom. The molecule has 0 spiro atoms. The van der Waals surface area contributed by atoms with Gasteiger partial charge in [-0.3, -0.25) is 9.20 Å². The summed E-state index contributed by atoms with van der Waals surface area (Å²) in [6, 6.07) is 2.05. The third-order valence-electron chi connectivity index (χ3n) is 6.76. The summed E-state index contributed by atoms with van der Waals surface area (Å²) in [5.41, 5.74) is 2.93. The van der Waals surface area contributed by atoms with Crippen molar-refractivity contribution < 1.29 is 4.79 Å². The van der Waals surface area contributed by atoms with Crippen LogP contribution in [0.15, 0.2) is 24.7 Å². The van der Waals surface area contributed by atoms with Gasteiger partial charge in [0, 0.05) is 31.1 Å². The van der Waals surface area contributed by atoms with Crippen molar-refractivity contribution in [1.82, 2.24) is 29.2 Å². The Morgan fingerprint density at radius 3 is 2.75 bits per heavy atom. The fraction of sp³-hybridized carbons (Fsp3) is 0.571. The molecule has 0 radical (unpaired) electrons. The fourth-order valence-electron chi connectivity index (χ4n) is 4.88. The first-order chi connectivity index (χ1) is 13.6. The van der Waals surface area contributed by atoms with Crippen LogP contribution in [-0.2, 0) is 4.79 Å². The molecule has 0 aromatic carbocycles. The van der Waals surface area contributed by atoms with E-state index >= 15 is 0 Å². The van der Waals surface area contributed by atoms with Crippen LogP contribution in [0.2, 0.25) is 0 Å². The SMILES string of the molecule is C[C@@H]1CCN(C(=O)C2CCN(C)CC2)C[C@@H]1c1ncc2cnc3[nH]ccc3n12. The predicted octanol–water partition coefficient (Wildman–Crippen LogP) is 2.50. The number of aromatic nitrogens is 4. The highest BCUT2D eigenvalue weighted by Gasteiger charge is 2.35. The lowest BCUT2D eigenvalue weighted by Gasteiger charge is -2.39. The van der Waals surface area contributed by atoms with Crippen molar-refractivity contribution in [2.24, 2.45) is 11.8 Å². The highest BCUT2D eigenvalue weighted by Crippen LogP contribution is 2.34.